The molecule has 4 aromatic rings. The maximum Gasteiger partial charge on any atom is 0.290 e. The molecule has 7 nitrogen and oxygen atoms in total. The van der Waals surface area contributed by atoms with E-state index in [4.69, 9.17) is 9.47 Å². The van der Waals surface area contributed by atoms with Crippen LogP contribution in [0.1, 0.15) is 5.56 Å². The Morgan fingerprint density at radius 3 is 2.69 bits per heavy atom. The molecule has 0 unspecified atom stereocenters. The van der Waals surface area contributed by atoms with Gasteiger partial charge < -0.3 is 9.47 Å². The van der Waals surface area contributed by atoms with Gasteiger partial charge in [-0.15, -0.1) is 5.10 Å². The van der Waals surface area contributed by atoms with Gasteiger partial charge in [-0.05, 0) is 42.0 Å². The van der Waals surface area contributed by atoms with Crippen LogP contribution in [-0.2, 0) is 5.75 Å². The van der Waals surface area contributed by atoms with Crippen LogP contribution in [0, 0.1) is 0 Å². The molecule has 9 heteroatoms. The summed E-state index contributed by atoms with van der Waals surface area (Å²) in [6, 6.07) is 15.3. The predicted molar refractivity (Wildman–Crippen MR) is 116 cm³/mol. The molecule has 0 amide bonds. The number of nitrogens with one attached hydrogen (secondary N) is 1. The molecule has 0 saturated heterocycles. The first-order valence-electron chi connectivity index (χ1n) is 8.67. The molecule has 0 atom stereocenters. The average molecular weight is 473 g/mol. The number of benzene rings is 2. The highest BCUT2D eigenvalue weighted by atomic mass is 79.9. The van der Waals surface area contributed by atoms with Gasteiger partial charge in [-0.1, -0.05) is 39.8 Å². The molecule has 29 heavy (non-hydrogen) atoms. The Bertz CT molecular complexity index is 1240. The first-order chi connectivity index (χ1) is 14.1. The molecular weight excluding hydrogens is 456 g/mol. The highest BCUT2D eigenvalue weighted by molar-refractivity contribution is 9.10. The normalized spacial score (nSPS) is 11.0. The second kappa shape index (κ2) is 8.30. The number of methoxy groups -OCH3 is 2. The Kier molecular flexibility index (Phi) is 5.59. The summed E-state index contributed by atoms with van der Waals surface area (Å²) in [7, 11) is 3.17. The van der Waals surface area contributed by atoms with Gasteiger partial charge in [0.25, 0.3) is 5.56 Å². The maximum atomic E-state index is 12.3. The van der Waals surface area contributed by atoms with Crippen molar-refractivity contribution < 1.29 is 9.47 Å². The molecule has 4 rings (SSSR count). The number of hydrogen-bond acceptors (Lipinski definition) is 6. The minimum absolute atomic E-state index is 0.295. The van der Waals surface area contributed by atoms with Gasteiger partial charge >= 0.3 is 0 Å². The van der Waals surface area contributed by atoms with Gasteiger partial charge in [0.2, 0.25) is 5.16 Å². The van der Waals surface area contributed by atoms with Crippen molar-refractivity contribution >= 4 is 33.2 Å². The van der Waals surface area contributed by atoms with Gasteiger partial charge in [-0.2, -0.15) is 5.10 Å². The number of thioether (sulfide) groups is 1. The summed E-state index contributed by atoms with van der Waals surface area (Å²) in [6.45, 7) is 0. The molecule has 1 N–H and O–H groups in total. The van der Waals surface area contributed by atoms with Gasteiger partial charge in [-0.3, -0.25) is 4.79 Å². The van der Waals surface area contributed by atoms with E-state index in [9.17, 15) is 4.79 Å². The van der Waals surface area contributed by atoms with Crippen molar-refractivity contribution in [1.29, 1.82) is 0 Å². The first-order valence-corrected chi connectivity index (χ1v) is 10.4. The van der Waals surface area contributed by atoms with Crippen LogP contribution in [-0.4, -0.2) is 34.0 Å². The Morgan fingerprint density at radius 1 is 1.10 bits per heavy atom. The standard InChI is InChI=1S/C20H17BrN4O3S/c1-27-17-7-6-13(9-18(17)28-2)15-10-16-19(26)22-23-20(25(16)24-15)29-11-12-4-3-5-14(21)8-12/h3-10H,11H2,1-2H3,(H,22,26). The van der Waals surface area contributed by atoms with Crippen LogP contribution >= 0.6 is 27.7 Å². The molecule has 2 aromatic carbocycles. The fourth-order valence-corrected chi connectivity index (χ4v) is 4.19. The number of aromatic amines is 1. The summed E-state index contributed by atoms with van der Waals surface area (Å²) in [5.74, 6) is 1.92. The summed E-state index contributed by atoms with van der Waals surface area (Å²) in [4.78, 5) is 12.3. The third-order valence-corrected chi connectivity index (χ3v) is 5.81. The molecule has 0 aliphatic carbocycles. The maximum absolute atomic E-state index is 12.3. The largest absolute Gasteiger partial charge is 0.493 e. The number of aromatic nitrogens is 4. The third-order valence-electron chi connectivity index (χ3n) is 4.31. The molecule has 0 bridgehead atoms. The van der Waals surface area contributed by atoms with Gasteiger partial charge in [-0.25, -0.2) is 9.61 Å². The monoisotopic (exact) mass is 472 g/mol. The zero-order chi connectivity index (χ0) is 20.4. The van der Waals surface area contributed by atoms with E-state index >= 15 is 0 Å². The second-order valence-corrected chi connectivity index (χ2v) is 8.01. The lowest BCUT2D eigenvalue weighted by molar-refractivity contribution is 0.355. The number of rotatable bonds is 6. The van der Waals surface area contributed by atoms with Crippen molar-refractivity contribution in [2.75, 3.05) is 14.2 Å². The zero-order valence-electron chi connectivity index (χ0n) is 15.7. The van der Waals surface area contributed by atoms with Crippen LogP contribution in [0.3, 0.4) is 0 Å². The van der Waals surface area contributed by atoms with Crippen molar-refractivity contribution in [2.45, 2.75) is 10.9 Å². The van der Waals surface area contributed by atoms with Gasteiger partial charge in [0.1, 0.15) is 5.52 Å². The molecule has 0 radical (unpaired) electrons. The molecule has 0 spiro atoms. The van der Waals surface area contributed by atoms with Crippen molar-refractivity contribution in [3.63, 3.8) is 0 Å². The van der Waals surface area contributed by atoms with Crippen LogP contribution in [0.5, 0.6) is 11.5 Å². The Morgan fingerprint density at radius 2 is 1.93 bits per heavy atom. The van der Waals surface area contributed by atoms with Crippen LogP contribution in [0.4, 0.5) is 0 Å². The van der Waals surface area contributed by atoms with Crippen LogP contribution < -0.4 is 15.0 Å². The quantitative estimate of drug-likeness (QED) is 0.424. The lowest BCUT2D eigenvalue weighted by Gasteiger charge is -2.08. The summed E-state index contributed by atoms with van der Waals surface area (Å²) < 4.78 is 13.2. The summed E-state index contributed by atoms with van der Waals surface area (Å²) in [6.07, 6.45) is 0. The highest BCUT2D eigenvalue weighted by Crippen LogP contribution is 2.32. The number of nitrogens with zero attached hydrogens (tertiary/aromatic N) is 3. The van der Waals surface area contributed by atoms with Crippen LogP contribution in [0.15, 0.2) is 63.0 Å². The topological polar surface area (TPSA) is 81.5 Å². The molecule has 0 fully saturated rings. The van der Waals surface area contributed by atoms with E-state index in [1.54, 1.807) is 24.8 Å². The van der Waals surface area contributed by atoms with E-state index in [1.807, 2.05) is 42.5 Å². The van der Waals surface area contributed by atoms with Gasteiger partial charge in [0.05, 0.1) is 19.9 Å². The molecule has 2 heterocycles. The molecule has 2 aromatic heterocycles. The first kappa shape index (κ1) is 19.5. The number of fused-ring (bicyclic) bond motifs is 1. The number of hydrogen-bond donors (Lipinski definition) is 1. The van der Waals surface area contributed by atoms with E-state index in [0.717, 1.165) is 15.6 Å². The Balaban J connectivity index is 1.71. The second-order valence-electron chi connectivity index (χ2n) is 6.15. The summed E-state index contributed by atoms with van der Waals surface area (Å²) >= 11 is 4.98. The summed E-state index contributed by atoms with van der Waals surface area (Å²) in [5.41, 5.74) is 2.73. The smallest absolute Gasteiger partial charge is 0.290 e. The fourth-order valence-electron chi connectivity index (χ4n) is 2.90. The number of ether oxygens (including phenoxy) is 2. The average Bonchev–Trinajstić information content (AvgIpc) is 3.19. The minimum atomic E-state index is -0.295. The summed E-state index contributed by atoms with van der Waals surface area (Å²) in [5, 5.41) is 12.0. The van der Waals surface area contributed by atoms with Crippen molar-refractivity contribution in [3.8, 4) is 22.8 Å². The molecule has 148 valence electrons. The van der Waals surface area contributed by atoms with Crippen LogP contribution in [0.2, 0.25) is 0 Å². The van der Waals surface area contributed by atoms with E-state index in [-0.39, 0.29) is 5.56 Å². The SMILES string of the molecule is COc1ccc(-c2cc3c(=O)[nH]nc(SCc4cccc(Br)c4)n3n2)cc1OC. The van der Waals surface area contributed by atoms with Crippen molar-refractivity contribution in [3.05, 3.63) is 68.9 Å². The molecule has 0 saturated carbocycles. The van der Waals surface area contributed by atoms with Crippen molar-refractivity contribution in [2.24, 2.45) is 0 Å². The Labute approximate surface area is 179 Å². The minimum Gasteiger partial charge on any atom is -0.493 e. The highest BCUT2D eigenvalue weighted by Gasteiger charge is 2.14. The zero-order valence-corrected chi connectivity index (χ0v) is 18.1. The molecular formula is C20H17BrN4O3S. The van der Waals surface area contributed by atoms with Gasteiger partial charge in [0, 0.05) is 15.8 Å². The van der Waals surface area contributed by atoms with Crippen LogP contribution in [0.25, 0.3) is 16.8 Å². The molecule has 0 aliphatic heterocycles. The number of halogens is 1. The number of H-pyrrole nitrogens is 1. The van der Waals surface area contributed by atoms with E-state index in [2.05, 4.69) is 31.2 Å². The third kappa shape index (κ3) is 4.01. The predicted octanol–water partition coefficient (Wildman–Crippen LogP) is 4.16. The van der Waals surface area contributed by atoms with E-state index in [1.165, 1.54) is 11.8 Å². The van der Waals surface area contributed by atoms with Gasteiger partial charge in [0.15, 0.2) is 11.5 Å². The van der Waals surface area contributed by atoms with Crippen molar-refractivity contribution in [1.82, 2.24) is 19.8 Å². The fraction of sp³-hybridized carbons (Fsp3) is 0.150. The Hall–Kier alpha value is -2.78. The van der Waals surface area contributed by atoms with E-state index < -0.39 is 0 Å². The lowest BCUT2D eigenvalue weighted by Crippen LogP contribution is -2.13. The van der Waals surface area contributed by atoms with E-state index in [0.29, 0.717) is 33.6 Å². The molecule has 0 aliphatic rings. The lowest BCUT2D eigenvalue weighted by atomic mass is 10.1.